The van der Waals surface area contributed by atoms with Gasteiger partial charge in [0.25, 0.3) is 0 Å². The summed E-state index contributed by atoms with van der Waals surface area (Å²) in [5.41, 5.74) is 3.84. The van der Waals surface area contributed by atoms with Crippen molar-refractivity contribution in [1.82, 2.24) is 4.98 Å². The second kappa shape index (κ2) is 3.34. The quantitative estimate of drug-likeness (QED) is 0.717. The van der Waals surface area contributed by atoms with E-state index in [0.717, 1.165) is 23.1 Å². The Morgan fingerprint density at radius 2 is 2.31 bits per heavy atom. The molecule has 0 saturated carbocycles. The Balaban J connectivity index is 2.64. The first-order chi connectivity index (χ1) is 6.33. The highest BCUT2D eigenvalue weighted by Crippen LogP contribution is 2.31. The van der Waals surface area contributed by atoms with Crippen molar-refractivity contribution >= 4 is 21.6 Å². The summed E-state index contributed by atoms with van der Waals surface area (Å²) in [7, 11) is 0. The molecule has 0 fully saturated rings. The number of benzene rings is 1. The molecule has 1 aromatic carbocycles. The van der Waals surface area contributed by atoms with Crippen molar-refractivity contribution in [3.05, 3.63) is 23.2 Å². The van der Waals surface area contributed by atoms with Crippen LogP contribution in [-0.2, 0) is 11.5 Å². The molecule has 0 amide bonds. The van der Waals surface area contributed by atoms with E-state index in [1.165, 1.54) is 16.9 Å². The molecule has 0 unspecified atom stereocenters. The maximum Gasteiger partial charge on any atom is 0.198 e. The van der Waals surface area contributed by atoms with Gasteiger partial charge >= 0.3 is 0 Å². The highest BCUT2D eigenvalue weighted by atomic mass is 32.1. The van der Waals surface area contributed by atoms with Gasteiger partial charge < -0.3 is 0 Å². The van der Waals surface area contributed by atoms with Gasteiger partial charge in [-0.3, -0.25) is 5.11 Å². The van der Waals surface area contributed by atoms with E-state index in [2.05, 4.69) is 11.9 Å². The zero-order valence-electron chi connectivity index (χ0n) is 7.41. The highest BCUT2D eigenvalue weighted by Gasteiger charge is 2.07. The van der Waals surface area contributed by atoms with Gasteiger partial charge in [-0.05, 0) is 18.1 Å². The van der Waals surface area contributed by atoms with Crippen LogP contribution in [0.5, 0.6) is 5.75 Å². The van der Waals surface area contributed by atoms with E-state index in [-0.39, 0.29) is 5.75 Å². The van der Waals surface area contributed by atoms with Gasteiger partial charge in [-0.1, -0.05) is 19.4 Å². The second-order valence-corrected chi connectivity index (χ2v) is 3.86. The average molecular weight is 192 g/mol. The lowest BCUT2D eigenvalue weighted by Gasteiger charge is -1.99. The molecule has 13 heavy (non-hydrogen) atoms. The van der Waals surface area contributed by atoms with Crippen molar-refractivity contribution in [2.75, 3.05) is 0 Å². The SMILES string of the molecule is CCCc1ccc([O])c2scnc12. The summed E-state index contributed by atoms with van der Waals surface area (Å²) in [5.74, 6) is 0.0948. The van der Waals surface area contributed by atoms with Gasteiger partial charge in [0.1, 0.15) is 4.70 Å². The number of hydrogen-bond acceptors (Lipinski definition) is 2. The molecule has 0 aliphatic carbocycles. The number of hydrogen-bond donors (Lipinski definition) is 0. The molecular weight excluding hydrogens is 182 g/mol. The number of thiazole rings is 1. The third kappa shape index (κ3) is 1.40. The summed E-state index contributed by atoms with van der Waals surface area (Å²) < 4.78 is 0.797. The predicted molar refractivity (Wildman–Crippen MR) is 53.7 cm³/mol. The van der Waals surface area contributed by atoms with Crippen LogP contribution in [0, 0.1) is 0 Å². The summed E-state index contributed by atoms with van der Waals surface area (Å²) in [6.45, 7) is 2.13. The Morgan fingerprint density at radius 1 is 1.46 bits per heavy atom. The topological polar surface area (TPSA) is 32.8 Å². The standard InChI is InChI=1S/C10H10NOS/c1-2-3-7-4-5-8(12)10-9(7)11-6-13-10/h4-6H,2-3H2,1H3. The molecule has 1 radical (unpaired) electrons. The molecule has 0 aliphatic heterocycles. The van der Waals surface area contributed by atoms with E-state index in [9.17, 15) is 5.11 Å². The molecule has 1 aromatic heterocycles. The first-order valence-corrected chi connectivity index (χ1v) is 5.23. The number of aryl methyl sites for hydroxylation is 1. The highest BCUT2D eigenvalue weighted by molar-refractivity contribution is 7.17. The fraction of sp³-hybridized carbons (Fsp3) is 0.300. The van der Waals surface area contributed by atoms with Crippen LogP contribution >= 0.6 is 11.3 Å². The van der Waals surface area contributed by atoms with E-state index in [4.69, 9.17) is 0 Å². The first kappa shape index (κ1) is 8.51. The maximum absolute atomic E-state index is 11.4. The second-order valence-electron chi connectivity index (χ2n) is 3.00. The van der Waals surface area contributed by atoms with E-state index >= 15 is 0 Å². The van der Waals surface area contributed by atoms with Gasteiger partial charge in [-0.2, -0.15) is 0 Å². The Bertz CT molecular complexity index is 422. The van der Waals surface area contributed by atoms with Gasteiger partial charge in [0, 0.05) is 0 Å². The summed E-state index contributed by atoms with van der Waals surface area (Å²) in [4.78, 5) is 4.22. The summed E-state index contributed by atoms with van der Waals surface area (Å²) in [5, 5.41) is 11.4. The molecule has 2 aromatic rings. The molecule has 0 N–H and O–H groups in total. The minimum Gasteiger partial charge on any atom is -0.288 e. The lowest BCUT2D eigenvalue weighted by Crippen LogP contribution is -1.84. The van der Waals surface area contributed by atoms with Crippen LogP contribution in [0.2, 0.25) is 0 Å². The smallest absolute Gasteiger partial charge is 0.198 e. The molecule has 1 heterocycles. The summed E-state index contributed by atoms with van der Waals surface area (Å²) >= 11 is 1.43. The van der Waals surface area contributed by atoms with Crippen molar-refractivity contribution in [3.63, 3.8) is 0 Å². The van der Waals surface area contributed by atoms with E-state index in [0.29, 0.717) is 0 Å². The largest absolute Gasteiger partial charge is 0.288 e. The number of aromatic nitrogens is 1. The fourth-order valence-electron chi connectivity index (χ4n) is 1.45. The number of nitrogens with zero attached hydrogens (tertiary/aromatic N) is 1. The van der Waals surface area contributed by atoms with Crippen molar-refractivity contribution in [1.29, 1.82) is 0 Å². The third-order valence-corrected chi connectivity index (χ3v) is 2.89. The molecule has 67 valence electrons. The van der Waals surface area contributed by atoms with Crippen LogP contribution in [0.3, 0.4) is 0 Å². The van der Waals surface area contributed by atoms with Crippen molar-refractivity contribution in [3.8, 4) is 5.75 Å². The van der Waals surface area contributed by atoms with E-state index in [1.54, 1.807) is 11.6 Å². The van der Waals surface area contributed by atoms with E-state index < -0.39 is 0 Å². The zero-order chi connectivity index (χ0) is 9.26. The van der Waals surface area contributed by atoms with Crippen LogP contribution in [0.4, 0.5) is 0 Å². The average Bonchev–Trinajstić information content (AvgIpc) is 2.59. The van der Waals surface area contributed by atoms with Gasteiger partial charge in [-0.25, -0.2) is 4.98 Å². The third-order valence-electron chi connectivity index (χ3n) is 2.05. The van der Waals surface area contributed by atoms with Crippen molar-refractivity contribution in [2.24, 2.45) is 0 Å². The molecule has 3 heteroatoms. The number of rotatable bonds is 2. The Labute approximate surface area is 80.9 Å². The molecule has 2 nitrogen and oxygen atoms in total. The molecule has 0 atom stereocenters. The first-order valence-electron chi connectivity index (χ1n) is 4.35. The van der Waals surface area contributed by atoms with Gasteiger partial charge in [0.2, 0.25) is 0 Å². The van der Waals surface area contributed by atoms with Crippen LogP contribution in [0.1, 0.15) is 18.9 Å². The van der Waals surface area contributed by atoms with Crippen molar-refractivity contribution < 1.29 is 5.11 Å². The molecule has 2 rings (SSSR count). The zero-order valence-corrected chi connectivity index (χ0v) is 8.23. The monoisotopic (exact) mass is 192 g/mol. The van der Waals surface area contributed by atoms with Crippen molar-refractivity contribution in [2.45, 2.75) is 19.8 Å². The predicted octanol–water partition coefficient (Wildman–Crippen LogP) is 3.39. The van der Waals surface area contributed by atoms with Crippen LogP contribution < -0.4 is 0 Å². The van der Waals surface area contributed by atoms with Gasteiger partial charge in [0.15, 0.2) is 5.75 Å². The Hall–Kier alpha value is -1.09. The summed E-state index contributed by atoms with van der Waals surface area (Å²) in [6.07, 6.45) is 2.09. The normalized spacial score (nSPS) is 10.8. The molecule has 0 saturated heterocycles. The fourth-order valence-corrected chi connectivity index (χ4v) is 2.19. The van der Waals surface area contributed by atoms with Crippen LogP contribution in [0.15, 0.2) is 17.6 Å². The molecule has 0 aliphatic rings. The lowest BCUT2D eigenvalue weighted by molar-refractivity contribution is 0.361. The summed E-state index contributed by atoms with van der Waals surface area (Å²) in [6, 6.07) is 3.54. The van der Waals surface area contributed by atoms with Gasteiger partial charge in [0.05, 0.1) is 11.0 Å². The van der Waals surface area contributed by atoms with Gasteiger partial charge in [-0.15, -0.1) is 11.3 Å². The molecular formula is C10H10NOS. The Morgan fingerprint density at radius 3 is 3.08 bits per heavy atom. The van der Waals surface area contributed by atoms with Crippen LogP contribution in [0.25, 0.3) is 10.2 Å². The Kier molecular flexibility index (Phi) is 2.19. The minimum absolute atomic E-state index is 0.0948. The van der Waals surface area contributed by atoms with E-state index in [1.807, 2.05) is 6.07 Å². The molecule has 0 bridgehead atoms. The lowest BCUT2D eigenvalue weighted by atomic mass is 10.1. The maximum atomic E-state index is 11.4. The molecule has 0 spiro atoms. The minimum atomic E-state index is 0.0948. The number of fused-ring (bicyclic) bond motifs is 1. The van der Waals surface area contributed by atoms with Crippen LogP contribution in [-0.4, -0.2) is 4.98 Å².